The number of hydrogen-bond acceptors (Lipinski definition) is 4. The zero-order chi connectivity index (χ0) is 17.0. The number of nitrogens with one attached hydrogen (secondary N) is 1. The van der Waals surface area contributed by atoms with Gasteiger partial charge in [0.2, 0.25) is 10.0 Å². The predicted octanol–water partition coefficient (Wildman–Crippen LogP) is 3.25. The summed E-state index contributed by atoms with van der Waals surface area (Å²) in [5.74, 6) is 0. The number of nitrogens with zero attached hydrogens (tertiary/aromatic N) is 2. The van der Waals surface area contributed by atoms with Gasteiger partial charge in [-0.25, -0.2) is 13.1 Å². The van der Waals surface area contributed by atoms with Crippen LogP contribution in [0.5, 0.6) is 0 Å². The number of aryl methyl sites for hydroxylation is 1. The topological polar surface area (TPSA) is 70.9 Å². The Balaban J connectivity index is 2.50. The molecular weight excluding hydrogens is 319 g/mol. The van der Waals surface area contributed by atoms with Crippen molar-refractivity contribution in [1.29, 1.82) is 0 Å². The molecule has 9 heteroatoms. The summed E-state index contributed by atoms with van der Waals surface area (Å²) in [5.41, 5.74) is -3.34. The van der Waals surface area contributed by atoms with Crippen LogP contribution in [0.4, 0.5) is 13.2 Å². The Morgan fingerprint density at radius 1 is 1.14 bits per heavy atom. The van der Waals surface area contributed by atoms with Crippen molar-refractivity contribution < 1.29 is 21.6 Å². The number of rotatable bonds is 3. The van der Waals surface area contributed by atoms with Gasteiger partial charge in [-0.2, -0.15) is 13.2 Å². The molecule has 0 saturated heterocycles. The lowest BCUT2D eigenvalue weighted by Gasteiger charge is -2.22. The van der Waals surface area contributed by atoms with Crippen LogP contribution in [0.3, 0.4) is 0 Å². The number of benzene rings is 1. The molecule has 22 heavy (non-hydrogen) atoms. The summed E-state index contributed by atoms with van der Waals surface area (Å²) < 4.78 is 66.2. The lowest BCUT2D eigenvalue weighted by Crippen LogP contribution is -2.41. The molecule has 122 valence electrons. The Morgan fingerprint density at radius 3 is 2.09 bits per heavy atom. The highest BCUT2D eigenvalue weighted by molar-refractivity contribution is 7.89. The Labute approximate surface area is 126 Å². The van der Waals surface area contributed by atoms with Crippen LogP contribution in [0.2, 0.25) is 0 Å². The summed E-state index contributed by atoms with van der Waals surface area (Å²) in [5, 5.41) is 6.18. The van der Waals surface area contributed by atoms with Gasteiger partial charge in [0, 0.05) is 11.1 Å². The first-order valence-electron chi connectivity index (χ1n) is 6.44. The summed E-state index contributed by atoms with van der Waals surface area (Å²) in [6, 6.07) is 3.50. The molecule has 2 rings (SSSR count). The van der Waals surface area contributed by atoms with Gasteiger partial charge in [0.1, 0.15) is 0 Å². The van der Waals surface area contributed by atoms with Crippen LogP contribution >= 0.6 is 0 Å². The summed E-state index contributed by atoms with van der Waals surface area (Å²) in [7, 11) is -3.95. The summed E-state index contributed by atoms with van der Waals surface area (Å²) in [4.78, 5) is -0.208. The van der Waals surface area contributed by atoms with Gasteiger partial charge in [0.05, 0.1) is 4.90 Å². The SMILES string of the molecule is Cc1ccc(C2(C(F)(F)F)N=N2)cc1S(=O)(=O)NC(C)(C)C. The largest absolute Gasteiger partial charge is 0.442 e. The van der Waals surface area contributed by atoms with Gasteiger partial charge in [-0.05, 0) is 39.3 Å². The predicted molar refractivity (Wildman–Crippen MR) is 73.8 cm³/mol. The van der Waals surface area contributed by atoms with E-state index in [-0.39, 0.29) is 10.5 Å². The van der Waals surface area contributed by atoms with Crippen LogP contribution < -0.4 is 4.72 Å². The maximum atomic E-state index is 13.0. The molecular formula is C13H16F3N3O2S. The normalized spacial score (nSPS) is 17.6. The molecule has 1 heterocycles. The van der Waals surface area contributed by atoms with E-state index in [1.54, 1.807) is 20.8 Å². The van der Waals surface area contributed by atoms with Gasteiger partial charge in [0.25, 0.3) is 0 Å². The zero-order valence-corrected chi connectivity index (χ0v) is 13.3. The third kappa shape index (κ3) is 3.00. The number of halogens is 3. The molecule has 1 N–H and O–H groups in total. The van der Waals surface area contributed by atoms with E-state index in [1.807, 2.05) is 0 Å². The second-order valence-electron chi connectivity index (χ2n) is 6.21. The third-order valence-corrected chi connectivity index (χ3v) is 4.92. The Hall–Kier alpha value is -1.48. The fraction of sp³-hybridized carbons (Fsp3) is 0.538. The van der Waals surface area contributed by atoms with Gasteiger partial charge >= 0.3 is 11.8 Å². The van der Waals surface area contributed by atoms with Crippen molar-refractivity contribution in [2.75, 3.05) is 0 Å². The third-order valence-electron chi connectivity index (χ3n) is 3.02. The molecule has 0 atom stereocenters. The van der Waals surface area contributed by atoms with Crippen LogP contribution in [-0.4, -0.2) is 20.1 Å². The molecule has 0 fully saturated rings. The molecule has 1 aromatic carbocycles. The van der Waals surface area contributed by atoms with E-state index >= 15 is 0 Å². The van der Waals surface area contributed by atoms with Gasteiger partial charge in [-0.15, -0.1) is 10.2 Å². The summed E-state index contributed by atoms with van der Waals surface area (Å²) in [6.07, 6.45) is -4.69. The van der Waals surface area contributed by atoms with Crippen LogP contribution in [0, 0.1) is 6.92 Å². The first-order valence-corrected chi connectivity index (χ1v) is 7.93. The van der Waals surface area contributed by atoms with Crippen molar-refractivity contribution >= 4 is 10.0 Å². The van der Waals surface area contributed by atoms with E-state index < -0.39 is 27.4 Å². The molecule has 0 saturated carbocycles. The minimum absolute atomic E-state index is 0.208. The number of hydrogen-bond donors (Lipinski definition) is 1. The van der Waals surface area contributed by atoms with Crippen LogP contribution in [0.1, 0.15) is 31.9 Å². The van der Waals surface area contributed by atoms with E-state index in [1.165, 1.54) is 19.1 Å². The molecule has 5 nitrogen and oxygen atoms in total. The van der Waals surface area contributed by atoms with Crippen molar-refractivity contribution in [3.8, 4) is 0 Å². The fourth-order valence-corrected chi connectivity index (χ4v) is 3.70. The maximum Gasteiger partial charge on any atom is 0.442 e. The first kappa shape index (κ1) is 16.9. The minimum atomic E-state index is -4.69. The fourth-order valence-electron chi connectivity index (χ4n) is 2.01. The van der Waals surface area contributed by atoms with Crippen molar-refractivity contribution in [2.24, 2.45) is 10.2 Å². The average Bonchev–Trinajstić information content (AvgIpc) is 3.06. The van der Waals surface area contributed by atoms with E-state index in [9.17, 15) is 21.6 Å². The van der Waals surface area contributed by atoms with E-state index in [0.29, 0.717) is 5.56 Å². The van der Waals surface area contributed by atoms with Crippen molar-refractivity contribution in [1.82, 2.24) is 4.72 Å². The summed E-state index contributed by atoms with van der Waals surface area (Å²) in [6.45, 7) is 6.45. The highest BCUT2D eigenvalue weighted by atomic mass is 32.2. The molecule has 0 amide bonds. The summed E-state index contributed by atoms with van der Waals surface area (Å²) >= 11 is 0. The molecule has 1 aliphatic heterocycles. The van der Waals surface area contributed by atoms with Gasteiger partial charge < -0.3 is 0 Å². The van der Waals surface area contributed by atoms with Crippen molar-refractivity contribution in [3.05, 3.63) is 29.3 Å². The van der Waals surface area contributed by atoms with Crippen LogP contribution in [-0.2, 0) is 15.7 Å². The van der Waals surface area contributed by atoms with Crippen molar-refractivity contribution in [3.63, 3.8) is 0 Å². The average molecular weight is 335 g/mol. The monoisotopic (exact) mass is 335 g/mol. The Bertz CT molecular complexity index is 728. The first-order chi connectivity index (χ1) is 9.79. The molecule has 0 unspecified atom stereocenters. The molecule has 1 aromatic rings. The Kier molecular flexibility index (Phi) is 3.65. The van der Waals surface area contributed by atoms with Gasteiger partial charge in [-0.3, -0.25) is 0 Å². The lowest BCUT2D eigenvalue weighted by atomic mass is 10.0. The molecule has 0 aliphatic carbocycles. The standard InChI is InChI=1S/C13H16F3N3O2S/c1-8-5-6-9(12(17-18-12)13(14,15)16)7-10(8)22(20,21)19-11(2,3)4/h5-7,19H,1-4H3. The second kappa shape index (κ2) is 4.76. The molecule has 0 bridgehead atoms. The molecule has 0 aromatic heterocycles. The maximum absolute atomic E-state index is 13.0. The van der Waals surface area contributed by atoms with E-state index in [0.717, 1.165) is 6.07 Å². The van der Waals surface area contributed by atoms with Crippen LogP contribution in [0.25, 0.3) is 0 Å². The molecule has 0 spiro atoms. The van der Waals surface area contributed by atoms with E-state index in [4.69, 9.17) is 0 Å². The zero-order valence-electron chi connectivity index (χ0n) is 12.5. The van der Waals surface area contributed by atoms with Crippen LogP contribution in [0.15, 0.2) is 33.3 Å². The molecule has 0 radical (unpaired) electrons. The highest BCUT2D eigenvalue weighted by Crippen LogP contribution is 2.52. The molecule has 1 aliphatic rings. The van der Waals surface area contributed by atoms with Gasteiger partial charge in [-0.1, -0.05) is 12.1 Å². The lowest BCUT2D eigenvalue weighted by molar-refractivity contribution is -0.166. The van der Waals surface area contributed by atoms with E-state index in [2.05, 4.69) is 15.0 Å². The minimum Gasteiger partial charge on any atom is -0.207 e. The van der Waals surface area contributed by atoms with Crippen molar-refractivity contribution in [2.45, 2.75) is 50.0 Å². The Morgan fingerprint density at radius 2 is 1.68 bits per heavy atom. The smallest absolute Gasteiger partial charge is 0.207 e. The number of alkyl halides is 3. The highest BCUT2D eigenvalue weighted by Gasteiger charge is 2.65. The number of sulfonamides is 1. The van der Waals surface area contributed by atoms with Gasteiger partial charge in [0.15, 0.2) is 0 Å². The second-order valence-corrected chi connectivity index (χ2v) is 7.86. The quantitative estimate of drug-likeness (QED) is 0.921.